The standard InChI is InChI=1S/C14H13ClFNS/c15-14-8-11-12(5-2-6-13(11)18-14)17-10-4-1-3-9(16)7-10/h1,3-4,7-8,12,17H,2,5-6H2. The van der Waals surface area contributed by atoms with Crippen molar-refractivity contribution in [1.29, 1.82) is 0 Å². The van der Waals surface area contributed by atoms with Gasteiger partial charge in [0.1, 0.15) is 5.82 Å². The Bertz CT molecular complexity index is 567. The minimum absolute atomic E-state index is 0.209. The van der Waals surface area contributed by atoms with Crippen molar-refractivity contribution in [2.75, 3.05) is 5.32 Å². The fourth-order valence-corrected chi connectivity index (χ4v) is 3.83. The lowest BCUT2D eigenvalue weighted by molar-refractivity contribution is 0.605. The van der Waals surface area contributed by atoms with Gasteiger partial charge in [-0.25, -0.2) is 4.39 Å². The number of halogens is 2. The second kappa shape index (κ2) is 4.90. The second-order valence-corrected chi connectivity index (χ2v) is 6.30. The van der Waals surface area contributed by atoms with E-state index in [2.05, 4.69) is 5.32 Å². The van der Waals surface area contributed by atoms with E-state index in [1.807, 2.05) is 12.1 Å². The van der Waals surface area contributed by atoms with Crippen molar-refractivity contribution in [1.82, 2.24) is 0 Å². The minimum atomic E-state index is -0.209. The number of aryl methyl sites for hydroxylation is 1. The van der Waals surface area contributed by atoms with Crippen LogP contribution in [0, 0.1) is 5.82 Å². The third-order valence-electron chi connectivity index (χ3n) is 3.25. The molecule has 0 aliphatic heterocycles. The summed E-state index contributed by atoms with van der Waals surface area (Å²) in [5, 5.41) is 3.40. The Kier molecular flexibility index (Phi) is 3.27. The zero-order chi connectivity index (χ0) is 12.5. The van der Waals surface area contributed by atoms with Gasteiger partial charge in [0.15, 0.2) is 0 Å². The van der Waals surface area contributed by atoms with Gasteiger partial charge >= 0.3 is 0 Å². The third kappa shape index (κ3) is 2.38. The Morgan fingerprint density at radius 3 is 3.06 bits per heavy atom. The first-order chi connectivity index (χ1) is 8.72. The number of hydrogen-bond acceptors (Lipinski definition) is 2. The van der Waals surface area contributed by atoms with E-state index in [-0.39, 0.29) is 11.9 Å². The fourth-order valence-electron chi connectivity index (χ4n) is 2.45. The highest BCUT2D eigenvalue weighted by Crippen LogP contribution is 2.39. The van der Waals surface area contributed by atoms with Gasteiger partial charge in [-0.15, -0.1) is 11.3 Å². The molecule has 0 radical (unpaired) electrons. The Labute approximate surface area is 115 Å². The highest BCUT2D eigenvalue weighted by Gasteiger charge is 2.22. The van der Waals surface area contributed by atoms with Crippen molar-refractivity contribution >= 4 is 28.6 Å². The quantitative estimate of drug-likeness (QED) is 0.814. The first-order valence-corrected chi connectivity index (χ1v) is 7.22. The topological polar surface area (TPSA) is 12.0 Å². The zero-order valence-corrected chi connectivity index (χ0v) is 11.3. The van der Waals surface area contributed by atoms with Gasteiger partial charge in [0.25, 0.3) is 0 Å². The Balaban J connectivity index is 1.86. The fraction of sp³-hybridized carbons (Fsp3) is 0.286. The van der Waals surface area contributed by atoms with E-state index in [9.17, 15) is 4.39 Å². The molecule has 4 heteroatoms. The maximum Gasteiger partial charge on any atom is 0.125 e. The van der Waals surface area contributed by atoms with Crippen molar-refractivity contribution in [3.05, 3.63) is 50.9 Å². The lowest BCUT2D eigenvalue weighted by Crippen LogP contribution is -2.15. The largest absolute Gasteiger partial charge is 0.378 e. The van der Waals surface area contributed by atoms with Crippen LogP contribution in [0.5, 0.6) is 0 Å². The molecule has 1 atom stereocenters. The van der Waals surface area contributed by atoms with Crippen molar-refractivity contribution in [2.45, 2.75) is 25.3 Å². The van der Waals surface area contributed by atoms with E-state index in [0.29, 0.717) is 0 Å². The number of anilines is 1. The van der Waals surface area contributed by atoms with Crippen molar-refractivity contribution in [3.8, 4) is 0 Å². The summed E-state index contributed by atoms with van der Waals surface area (Å²) < 4.78 is 14.0. The van der Waals surface area contributed by atoms with Crippen LogP contribution in [0.1, 0.15) is 29.3 Å². The van der Waals surface area contributed by atoms with Crippen LogP contribution in [-0.2, 0) is 6.42 Å². The average molecular weight is 282 g/mol. The maximum absolute atomic E-state index is 13.2. The maximum atomic E-state index is 13.2. The van der Waals surface area contributed by atoms with E-state index in [1.54, 1.807) is 17.4 Å². The predicted octanol–water partition coefficient (Wildman–Crippen LogP) is 5.03. The number of nitrogens with one attached hydrogen (secondary N) is 1. The minimum Gasteiger partial charge on any atom is -0.378 e. The van der Waals surface area contributed by atoms with Gasteiger partial charge < -0.3 is 5.32 Å². The van der Waals surface area contributed by atoms with Crippen LogP contribution in [0.25, 0.3) is 0 Å². The van der Waals surface area contributed by atoms with E-state index >= 15 is 0 Å². The van der Waals surface area contributed by atoms with Crippen LogP contribution >= 0.6 is 22.9 Å². The molecule has 1 heterocycles. The van der Waals surface area contributed by atoms with Crippen LogP contribution in [0.2, 0.25) is 4.34 Å². The van der Waals surface area contributed by atoms with E-state index in [4.69, 9.17) is 11.6 Å². The molecule has 0 saturated heterocycles. The molecule has 1 aromatic carbocycles. The van der Waals surface area contributed by atoms with Gasteiger partial charge in [0.05, 0.1) is 10.4 Å². The van der Waals surface area contributed by atoms with E-state index < -0.39 is 0 Å². The van der Waals surface area contributed by atoms with Gasteiger partial charge in [-0.1, -0.05) is 17.7 Å². The molecule has 0 fully saturated rings. The smallest absolute Gasteiger partial charge is 0.125 e. The summed E-state index contributed by atoms with van der Waals surface area (Å²) >= 11 is 7.73. The van der Waals surface area contributed by atoms with E-state index in [0.717, 1.165) is 29.3 Å². The molecule has 18 heavy (non-hydrogen) atoms. The molecule has 1 aliphatic carbocycles. The Morgan fingerprint density at radius 1 is 1.33 bits per heavy atom. The van der Waals surface area contributed by atoms with Gasteiger partial charge in [-0.2, -0.15) is 0 Å². The van der Waals surface area contributed by atoms with Crippen molar-refractivity contribution < 1.29 is 4.39 Å². The molecule has 1 aliphatic rings. The molecular formula is C14H13ClFNS. The SMILES string of the molecule is Fc1cccc(NC2CCCc3sc(Cl)cc32)c1. The molecule has 1 N–H and O–H groups in total. The number of benzene rings is 1. The van der Waals surface area contributed by atoms with Crippen LogP contribution in [-0.4, -0.2) is 0 Å². The van der Waals surface area contributed by atoms with Gasteiger partial charge in [-0.05, 0) is 49.1 Å². The summed E-state index contributed by atoms with van der Waals surface area (Å²) in [6.07, 6.45) is 3.32. The molecule has 0 spiro atoms. The van der Waals surface area contributed by atoms with Crippen LogP contribution in [0.3, 0.4) is 0 Å². The number of rotatable bonds is 2. The average Bonchev–Trinajstić information content (AvgIpc) is 2.71. The lowest BCUT2D eigenvalue weighted by Gasteiger charge is -2.24. The summed E-state index contributed by atoms with van der Waals surface area (Å²) in [7, 11) is 0. The number of thiophene rings is 1. The van der Waals surface area contributed by atoms with Gasteiger partial charge in [0, 0.05) is 10.6 Å². The summed E-state index contributed by atoms with van der Waals surface area (Å²) in [5.41, 5.74) is 2.11. The van der Waals surface area contributed by atoms with Gasteiger partial charge in [-0.3, -0.25) is 0 Å². The Morgan fingerprint density at radius 2 is 2.22 bits per heavy atom. The highest BCUT2D eigenvalue weighted by molar-refractivity contribution is 7.16. The van der Waals surface area contributed by atoms with Crippen molar-refractivity contribution in [3.63, 3.8) is 0 Å². The van der Waals surface area contributed by atoms with Crippen LogP contribution in [0.4, 0.5) is 10.1 Å². The summed E-state index contributed by atoms with van der Waals surface area (Å²) in [6.45, 7) is 0. The zero-order valence-electron chi connectivity index (χ0n) is 9.75. The first-order valence-electron chi connectivity index (χ1n) is 6.02. The third-order valence-corrected chi connectivity index (χ3v) is 4.59. The molecule has 2 aromatic rings. The molecule has 0 amide bonds. The number of hydrogen-bond donors (Lipinski definition) is 1. The molecule has 3 rings (SSSR count). The normalized spacial score (nSPS) is 18.4. The number of fused-ring (bicyclic) bond motifs is 1. The molecule has 0 saturated carbocycles. The monoisotopic (exact) mass is 281 g/mol. The van der Waals surface area contributed by atoms with Crippen molar-refractivity contribution in [2.24, 2.45) is 0 Å². The molecule has 0 bridgehead atoms. The molecule has 1 unspecified atom stereocenters. The second-order valence-electron chi connectivity index (χ2n) is 4.53. The van der Waals surface area contributed by atoms with E-state index in [1.165, 1.54) is 22.6 Å². The molecule has 1 nitrogen and oxygen atoms in total. The molecule has 94 valence electrons. The lowest BCUT2D eigenvalue weighted by atomic mass is 9.94. The summed E-state index contributed by atoms with van der Waals surface area (Å²) in [6, 6.07) is 8.89. The summed E-state index contributed by atoms with van der Waals surface area (Å²) in [4.78, 5) is 1.36. The van der Waals surface area contributed by atoms with Crippen LogP contribution in [0.15, 0.2) is 30.3 Å². The first kappa shape index (κ1) is 12.0. The summed E-state index contributed by atoms with van der Waals surface area (Å²) in [5.74, 6) is -0.209. The molecular weight excluding hydrogens is 269 g/mol. The predicted molar refractivity (Wildman–Crippen MR) is 75.0 cm³/mol. The highest BCUT2D eigenvalue weighted by atomic mass is 35.5. The van der Waals surface area contributed by atoms with Crippen LogP contribution < -0.4 is 5.32 Å². The van der Waals surface area contributed by atoms with Gasteiger partial charge in [0.2, 0.25) is 0 Å². The Hall–Kier alpha value is -1.06. The molecule has 1 aromatic heterocycles.